The standard InChI is InChI=1S/C16H25BrN2/c1-11-8-9-19(12(2)10-11)16(13(3)18)14-4-6-15(17)7-5-14/h4-7,11-13,16H,8-10,18H2,1-3H3. The van der Waals surface area contributed by atoms with Gasteiger partial charge in [-0.3, -0.25) is 4.90 Å². The summed E-state index contributed by atoms with van der Waals surface area (Å²) in [6, 6.07) is 9.71. The van der Waals surface area contributed by atoms with Gasteiger partial charge in [-0.1, -0.05) is 35.0 Å². The molecule has 0 spiro atoms. The topological polar surface area (TPSA) is 29.3 Å². The third-order valence-electron chi connectivity index (χ3n) is 4.26. The first kappa shape index (κ1) is 15.0. The molecule has 3 heteroatoms. The molecule has 1 aliphatic rings. The van der Waals surface area contributed by atoms with Crippen LogP contribution in [0.15, 0.2) is 28.7 Å². The summed E-state index contributed by atoms with van der Waals surface area (Å²) in [5, 5.41) is 0. The normalized spacial score (nSPS) is 28.1. The molecule has 4 atom stereocenters. The lowest BCUT2D eigenvalue weighted by atomic mass is 9.89. The second-order valence-corrected chi connectivity index (χ2v) is 6.99. The number of piperidine rings is 1. The Kier molecular flexibility index (Phi) is 5.04. The molecule has 2 rings (SSSR count). The van der Waals surface area contributed by atoms with Gasteiger partial charge in [0.2, 0.25) is 0 Å². The highest BCUT2D eigenvalue weighted by Crippen LogP contribution is 2.32. The number of halogens is 1. The van der Waals surface area contributed by atoms with Crippen molar-refractivity contribution in [3.05, 3.63) is 34.3 Å². The molecule has 1 aromatic carbocycles. The number of hydrogen-bond acceptors (Lipinski definition) is 2. The molecular formula is C16H25BrN2. The predicted molar refractivity (Wildman–Crippen MR) is 85.1 cm³/mol. The Labute approximate surface area is 125 Å². The minimum absolute atomic E-state index is 0.150. The largest absolute Gasteiger partial charge is 0.326 e. The van der Waals surface area contributed by atoms with E-state index in [4.69, 9.17) is 5.73 Å². The van der Waals surface area contributed by atoms with Crippen LogP contribution in [0.4, 0.5) is 0 Å². The van der Waals surface area contributed by atoms with Gasteiger partial charge in [-0.15, -0.1) is 0 Å². The molecule has 0 amide bonds. The van der Waals surface area contributed by atoms with E-state index in [2.05, 4.69) is 65.9 Å². The van der Waals surface area contributed by atoms with E-state index in [1.54, 1.807) is 0 Å². The SMILES string of the molecule is CC1CCN(C(c2ccc(Br)cc2)C(C)N)C(C)C1. The first-order valence-electron chi connectivity index (χ1n) is 7.26. The maximum atomic E-state index is 6.28. The van der Waals surface area contributed by atoms with Gasteiger partial charge in [-0.25, -0.2) is 0 Å². The highest BCUT2D eigenvalue weighted by atomic mass is 79.9. The summed E-state index contributed by atoms with van der Waals surface area (Å²) in [6.07, 6.45) is 2.56. The van der Waals surface area contributed by atoms with E-state index in [1.807, 2.05) is 0 Å². The Morgan fingerprint density at radius 2 is 1.89 bits per heavy atom. The minimum Gasteiger partial charge on any atom is -0.326 e. The molecule has 0 radical (unpaired) electrons. The molecule has 1 fully saturated rings. The van der Waals surface area contributed by atoms with Crippen molar-refractivity contribution in [2.75, 3.05) is 6.54 Å². The van der Waals surface area contributed by atoms with E-state index in [-0.39, 0.29) is 6.04 Å². The molecule has 1 saturated heterocycles. The van der Waals surface area contributed by atoms with Crippen LogP contribution in [0.5, 0.6) is 0 Å². The van der Waals surface area contributed by atoms with Gasteiger partial charge in [0, 0.05) is 22.6 Å². The minimum atomic E-state index is 0.150. The van der Waals surface area contributed by atoms with Gasteiger partial charge < -0.3 is 5.73 Å². The first-order chi connectivity index (χ1) is 8.99. The van der Waals surface area contributed by atoms with Crippen molar-refractivity contribution in [1.29, 1.82) is 0 Å². The molecule has 2 nitrogen and oxygen atoms in total. The Balaban J connectivity index is 2.22. The molecule has 4 unspecified atom stereocenters. The molecule has 0 bridgehead atoms. The van der Waals surface area contributed by atoms with Crippen LogP contribution in [0.2, 0.25) is 0 Å². The van der Waals surface area contributed by atoms with E-state index >= 15 is 0 Å². The van der Waals surface area contributed by atoms with Gasteiger partial charge in [0.25, 0.3) is 0 Å². The number of nitrogens with zero attached hydrogens (tertiary/aromatic N) is 1. The van der Waals surface area contributed by atoms with Crippen LogP contribution in [0.3, 0.4) is 0 Å². The average Bonchev–Trinajstić information content (AvgIpc) is 2.34. The van der Waals surface area contributed by atoms with Gasteiger partial charge in [0.15, 0.2) is 0 Å². The van der Waals surface area contributed by atoms with Crippen LogP contribution in [0.25, 0.3) is 0 Å². The Bertz CT molecular complexity index is 402. The van der Waals surface area contributed by atoms with Gasteiger partial charge in [0.1, 0.15) is 0 Å². The highest BCUT2D eigenvalue weighted by Gasteiger charge is 2.31. The fraction of sp³-hybridized carbons (Fsp3) is 0.625. The van der Waals surface area contributed by atoms with Gasteiger partial charge in [0.05, 0.1) is 0 Å². The van der Waals surface area contributed by atoms with Gasteiger partial charge >= 0.3 is 0 Å². The molecule has 1 heterocycles. The summed E-state index contributed by atoms with van der Waals surface area (Å²) >= 11 is 3.50. The van der Waals surface area contributed by atoms with Crippen molar-refractivity contribution in [2.24, 2.45) is 11.7 Å². The zero-order valence-electron chi connectivity index (χ0n) is 12.1. The number of benzene rings is 1. The monoisotopic (exact) mass is 324 g/mol. The Morgan fingerprint density at radius 3 is 2.42 bits per heavy atom. The molecule has 1 aliphatic heterocycles. The van der Waals surface area contributed by atoms with Gasteiger partial charge in [-0.2, -0.15) is 0 Å². The lowest BCUT2D eigenvalue weighted by Crippen LogP contribution is -2.47. The molecule has 0 saturated carbocycles. The van der Waals surface area contributed by atoms with Crippen LogP contribution < -0.4 is 5.73 Å². The van der Waals surface area contributed by atoms with E-state index in [0.29, 0.717) is 12.1 Å². The van der Waals surface area contributed by atoms with Crippen LogP contribution in [0.1, 0.15) is 45.2 Å². The lowest BCUT2D eigenvalue weighted by Gasteiger charge is -2.43. The number of hydrogen-bond donors (Lipinski definition) is 1. The van der Waals surface area contributed by atoms with E-state index in [0.717, 1.165) is 16.9 Å². The molecule has 106 valence electrons. The summed E-state index contributed by atoms with van der Waals surface area (Å²) in [4.78, 5) is 2.59. The van der Waals surface area contributed by atoms with Crippen molar-refractivity contribution >= 4 is 15.9 Å². The summed E-state index contributed by atoms with van der Waals surface area (Å²) < 4.78 is 1.12. The average molecular weight is 325 g/mol. The van der Waals surface area contributed by atoms with E-state index < -0.39 is 0 Å². The first-order valence-corrected chi connectivity index (χ1v) is 8.05. The maximum absolute atomic E-state index is 6.28. The number of nitrogens with two attached hydrogens (primary N) is 1. The number of likely N-dealkylation sites (tertiary alicyclic amines) is 1. The highest BCUT2D eigenvalue weighted by molar-refractivity contribution is 9.10. The molecule has 1 aromatic rings. The molecule has 0 aromatic heterocycles. The predicted octanol–water partition coefficient (Wildman–Crippen LogP) is 3.96. The summed E-state index contributed by atoms with van der Waals surface area (Å²) in [5.41, 5.74) is 7.61. The zero-order valence-corrected chi connectivity index (χ0v) is 13.7. The van der Waals surface area contributed by atoms with E-state index in [1.165, 1.54) is 18.4 Å². The number of rotatable bonds is 3. The van der Waals surface area contributed by atoms with Crippen LogP contribution in [-0.4, -0.2) is 23.5 Å². The summed E-state index contributed by atoms with van der Waals surface area (Å²) in [5.74, 6) is 0.838. The smallest absolute Gasteiger partial charge is 0.0499 e. The Morgan fingerprint density at radius 1 is 1.26 bits per heavy atom. The second kappa shape index (κ2) is 6.38. The third kappa shape index (κ3) is 3.59. The second-order valence-electron chi connectivity index (χ2n) is 6.07. The van der Waals surface area contributed by atoms with E-state index in [9.17, 15) is 0 Å². The van der Waals surface area contributed by atoms with Crippen LogP contribution in [0, 0.1) is 5.92 Å². The maximum Gasteiger partial charge on any atom is 0.0499 e. The molecular weight excluding hydrogens is 300 g/mol. The van der Waals surface area contributed by atoms with Crippen molar-refractivity contribution in [2.45, 2.75) is 51.7 Å². The van der Waals surface area contributed by atoms with Crippen molar-refractivity contribution in [3.63, 3.8) is 0 Å². The molecule has 19 heavy (non-hydrogen) atoms. The summed E-state index contributed by atoms with van der Waals surface area (Å²) in [6.45, 7) is 7.97. The van der Waals surface area contributed by atoms with Gasteiger partial charge in [-0.05, 0) is 56.8 Å². The van der Waals surface area contributed by atoms with Crippen molar-refractivity contribution in [3.8, 4) is 0 Å². The molecule has 0 aliphatic carbocycles. The van der Waals surface area contributed by atoms with Crippen molar-refractivity contribution in [1.82, 2.24) is 4.90 Å². The summed E-state index contributed by atoms with van der Waals surface area (Å²) in [7, 11) is 0. The quantitative estimate of drug-likeness (QED) is 0.911. The molecule has 2 N–H and O–H groups in total. The zero-order chi connectivity index (χ0) is 14.0. The lowest BCUT2D eigenvalue weighted by molar-refractivity contribution is 0.0708. The Hall–Kier alpha value is -0.380. The van der Waals surface area contributed by atoms with Crippen LogP contribution >= 0.6 is 15.9 Å². The fourth-order valence-electron chi connectivity index (χ4n) is 3.30. The van der Waals surface area contributed by atoms with Crippen LogP contribution in [-0.2, 0) is 0 Å². The fourth-order valence-corrected chi connectivity index (χ4v) is 3.56. The third-order valence-corrected chi connectivity index (χ3v) is 4.79. The van der Waals surface area contributed by atoms with Crippen molar-refractivity contribution < 1.29 is 0 Å².